The molecule has 0 fully saturated rings. The van der Waals surface area contributed by atoms with Gasteiger partial charge in [0.25, 0.3) is 5.91 Å². The number of nitrogens with one attached hydrogen (secondary N) is 1. The lowest BCUT2D eigenvalue weighted by molar-refractivity contribution is 0.0996. The van der Waals surface area contributed by atoms with Crippen molar-refractivity contribution in [3.63, 3.8) is 0 Å². The summed E-state index contributed by atoms with van der Waals surface area (Å²) in [6, 6.07) is 18.3. The summed E-state index contributed by atoms with van der Waals surface area (Å²) >= 11 is 0. The molecule has 0 aliphatic carbocycles. The number of benzene rings is 2. The van der Waals surface area contributed by atoms with Gasteiger partial charge in [0.15, 0.2) is 5.76 Å². The summed E-state index contributed by atoms with van der Waals surface area (Å²) in [6.07, 6.45) is 1.46. The molecule has 128 valence electrons. The minimum absolute atomic E-state index is 0.272. The summed E-state index contributed by atoms with van der Waals surface area (Å²) in [6.45, 7) is 2.90. The fourth-order valence-electron chi connectivity index (χ4n) is 2.26. The molecule has 0 saturated heterocycles. The van der Waals surface area contributed by atoms with Crippen LogP contribution in [-0.4, -0.2) is 19.1 Å². The fourth-order valence-corrected chi connectivity index (χ4v) is 2.26. The first kappa shape index (κ1) is 16.6. The van der Waals surface area contributed by atoms with Crippen molar-refractivity contribution in [2.75, 3.05) is 18.5 Å². The number of furan rings is 1. The lowest BCUT2D eigenvalue weighted by Gasteiger charge is -2.10. The van der Waals surface area contributed by atoms with Crippen LogP contribution in [0, 0.1) is 6.92 Å². The Morgan fingerprint density at radius 3 is 2.44 bits per heavy atom. The van der Waals surface area contributed by atoms with Crippen molar-refractivity contribution in [1.29, 1.82) is 0 Å². The minimum Gasteiger partial charge on any atom is -0.490 e. The summed E-state index contributed by atoms with van der Waals surface area (Å²) in [5.74, 6) is 1.56. The van der Waals surface area contributed by atoms with Crippen LogP contribution in [0.4, 0.5) is 5.69 Å². The molecule has 1 N–H and O–H groups in total. The standard InChI is InChI=1S/C20H19NO4/c1-15-5-2-3-6-18(15)25-14-13-23-17-10-8-16(9-11-17)21-20(22)19-7-4-12-24-19/h2-12H,13-14H2,1H3,(H,21,22). The smallest absolute Gasteiger partial charge is 0.291 e. The van der Waals surface area contributed by atoms with Gasteiger partial charge >= 0.3 is 0 Å². The largest absolute Gasteiger partial charge is 0.490 e. The highest BCUT2D eigenvalue weighted by Gasteiger charge is 2.08. The van der Waals surface area contributed by atoms with Crippen LogP contribution in [-0.2, 0) is 0 Å². The van der Waals surface area contributed by atoms with Crippen LogP contribution in [0.1, 0.15) is 16.1 Å². The van der Waals surface area contributed by atoms with Crippen molar-refractivity contribution in [2.24, 2.45) is 0 Å². The molecule has 1 aromatic heterocycles. The number of rotatable bonds is 7. The SMILES string of the molecule is Cc1ccccc1OCCOc1ccc(NC(=O)c2ccco2)cc1. The van der Waals surface area contributed by atoms with Crippen LogP contribution in [0.3, 0.4) is 0 Å². The van der Waals surface area contributed by atoms with Crippen molar-refractivity contribution in [3.05, 3.63) is 78.3 Å². The Labute approximate surface area is 146 Å². The second-order valence-corrected chi connectivity index (χ2v) is 5.42. The lowest BCUT2D eigenvalue weighted by Crippen LogP contribution is -2.11. The molecule has 25 heavy (non-hydrogen) atoms. The second kappa shape index (κ2) is 8.06. The van der Waals surface area contributed by atoms with E-state index in [-0.39, 0.29) is 11.7 Å². The van der Waals surface area contributed by atoms with E-state index in [1.165, 1.54) is 6.26 Å². The molecule has 0 atom stereocenters. The maximum Gasteiger partial charge on any atom is 0.291 e. The van der Waals surface area contributed by atoms with Gasteiger partial charge in [0.2, 0.25) is 0 Å². The molecule has 0 unspecified atom stereocenters. The molecule has 0 saturated carbocycles. The van der Waals surface area contributed by atoms with E-state index < -0.39 is 0 Å². The number of amides is 1. The summed E-state index contributed by atoms with van der Waals surface area (Å²) in [5, 5.41) is 2.75. The van der Waals surface area contributed by atoms with Gasteiger partial charge in [-0.15, -0.1) is 0 Å². The third-order valence-electron chi connectivity index (χ3n) is 3.56. The number of ether oxygens (including phenoxy) is 2. The third-order valence-corrected chi connectivity index (χ3v) is 3.56. The first-order chi connectivity index (χ1) is 12.2. The minimum atomic E-state index is -0.287. The normalized spacial score (nSPS) is 10.3. The van der Waals surface area contributed by atoms with Gasteiger partial charge in [0, 0.05) is 5.69 Å². The Bertz CT molecular complexity index is 810. The molecular formula is C20H19NO4. The summed E-state index contributed by atoms with van der Waals surface area (Å²) in [5.41, 5.74) is 1.77. The number of para-hydroxylation sites is 1. The molecule has 0 radical (unpaired) electrons. The number of carbonyl (C=O) groups excluding carboxylic acids is 1. The van der Waals surface area contributed by atoms with E-state index in [4.69, 9.17) is 13.9 Å². The van der Waals surface area contributed by atoms with Gasteiger partial charge in [-0.05, 0) is 55.0 Å². The summed E-state index contributed by atoms with van der Waals surface area (Å²) < 4.78 is 16.4. The Morgan fingerprint density at radius 2 is 1.72 bits per heavy atom. The average molecular weight is 337 g/mol. The Hall–Kier alpha value is -3.21. The zero-order valence-electron chi connectivity index (χ0n) is 13.9. The van der Waals surface area contributed by atoms with E-state index >= 15 is 0 Å². The van der Waals surface area contributed by atoms with E-state index in [2.05, 4.69) is 5.32 Å². The van der Waals surface area contributed by atoms with Gasteiger partial charge < -0.3 is 19.2 Å². The highest BCUT2D eigenvalue weighted by Crippen LogP contribution is 2.18. The molecule has 1 amide bonds. The molecule has 5 heteroatoms. The van der Waals surface area contributed by atoms with Crippen LogP contribution in [0.15, 0.2) is 71.3 Å². The van der Waals surface area contributed by atoms with Gasteiger partial charge in [-0.3, -0.25) is 4.79 Å². The number of hydrogen-bond donors (Lipinski definition) is 1. The van der Waals surface area contributed by atoms with Crippen LogP contribution in [0.25, 0.3) is 0 Å². The Kier molecular flexibility index (Phi) is 5.36. The zero-order valence-corrected chi connectivity index (χ0v) is 13.9. The molecule has 3 aromatic rings. The van der Waals surface area contributed by atoms with E-state index in [0.717, 1.165) is 11.3 Å². The number of hydrogen-bond acceptors (Lipinski definition) is 4. The predicted molar refractivity (Wildman–Crippen MR) is 95.3 cm³/mol. The summed E-state index contributed by atoms with van der Waals surface area (Å²) in [4.78, 5) is 11.9. The van der Waals surface area contributed by atoms with Crippen molar-refractivity contribution < 1.29 is 18.7 Å². The van der Waals surface area contributed by atoms with Gasteiger partial charge in [0.1, 0.15) is 24.7 Å². The zero-order chi connectivity index (χ0) is 17.5. The molecule has 2 aromatic carbocycles. The third kappa shape index (κ3) is 4.64. The quantitative estimate of drug-likeness (QED) is 0.653. The molecule has 5 nitrogen and oxygen atoms in total. The summed E-state index contributed by atoms with van der Waals surface area (Å²) in [7, 11) is 0. The van der Waals surface area contributed by atoms with E-state index in [9.17, 15) is 4.79 Å². The molecule has 0 spiro atoms. The van der Waals surface area contributed by atoms with Crippen LogP contribution < -0.4 is 14.8 Å². The highest BCUT2D eigenvalue weighted by atomic mass is 16.5. The monoisotopic (exact) mass is 337 g/mol. The molecule has 1 heterocycles. The Morgan fingerprint density at radius 1 is 0.960 bits per heavy atom. The average Bonchev–Trinajstić information content (AvgIpc) is 3.16. The highest BCUT2D eigenvalue weighted by molar-refractivity contribution is 6.02. The maximum atomic E-state index is 11.9. The van der Waals surface area contributed by atoms with Gasteiger partial charge in [-0.2, -0.15) is 0 Å². The number of anilines is 1. The topological polar surface area (TPSA) is 60.7 Å². The Balaban J connectivity index is 1.45. The van der Waals surface area contributed by atoms with Crippen LogP contribution in [0.2, 0.25) is 0 Å². The molecule has 0 aliphatic heterocycles. The van der Waals surface area contributed by atoms with E-state index in [1.54, 1.807) is 36.4 Å². The van der Waals surface area contributed by atoms with Crippen molar-refractivity contribution in [2.45, 2.75) is 6.92 Å². The van der Waals surface area contributed by atoms with E-state index in [0.29, 0.717) is 24.7 Å². The number of carbonyl (C=O) groups is 1. The van der Waals surface area contributed by atoms with Crippen molar-refractivity contribution >= 4 is 11.6 Å². The first-order valence-corrected chi connectivity index (χ1v) is 7.98. The predicted octanol–water partition coefficient (Wildman–Crippen LogP) is 4.30. The molecule has 3 rings (SSSR count). The van der Waals surface area contributed by atoms with Crippen LogP contribution in [0.5, 0.6) is 11.5 Å². The first-order valence-electron chi connectivity index (χ1n) is 7.98. The van der Waals surface area contributed by atoms with Gasteiger partial charge in [-0.25, -0.2) is 0 Å². The molecule has 0 aliphatic rings. The lowest BCUT2D eigenvalue weighted by atomic mass is 10.2. The second-order valence-electron chi connectivity index (χ2n) is 5.42. The van der Waals surface area contributed by atoms with Crippen molar-refractivity contribution in [3.8, 4) is 11.5 Å². The van der Waals surface area contributed by atoms with Gasteiger partial charge in [-0.1, -0.05) is 18.2 Å². The van der Waals surface area contributed by atoms with Crippen molar-refractivity contribution in [1.82, 2.24) is 0 Å². The molecular weight excluding hydrogens is 318 g/mol. The fraction of sp³-hybridized carbons (Fsp3) is 0.150. The van der Waals surface area contributed by atoms with Crippen LogP contribution >= 0.6 is 0 Å². The van der Waals surface area contributed by atoms with E-state index in [1.807, 2.05) is 31.2 Å². The number of aryl methyl sites for hydroxylation is 1. The van der Waals surface area contributed by atoms with Gasteiger partial charge in [0.05, 0.1) is 6.26 Å². The molecule has 0 bridgehead atoms. The maximum absolute atomic E-state index is 11.9.